The number of hydrogen-bond donors (Lipinski definition) is 2. The summed E-state index contributed by atoms with van der Waals surface area (Å²) in [4.78, 5) is 14.1. The fourth-order valence-corrected chi connectivity index (χ4v) is 2.25. The first kappa shape index (κ1) is 14.4. The SMILES string of the molecule is CCN(CC(=O)NC(C)COC)C1CCNC1. The maximum atomic E-state index is 11.8. The molecule has 100 valence electrons. The second-order valence-corrected chi connectivity index (χ2v) is 4.63. The average molecular weight is 243 g/mol. The van der Waals surface area contributed by atoms with Gasteiger partial charge in [-0.3, -0.25) is 9.69 Å². The van der Waals surface area contributed by atoms with E-state index in [-0.39, 0.29) is 11.9 Å². The van der Waals surface area contributed by atoms with Crippen LogP contribution < -0.4 is 10.6 Å². The van der Waals surface area contributed by atoms with E-state index in [9.17, 15) is 4.79 Å². The maximum absolute atomic E-state index is 11.8. The number of nitrogens with zero attached hydrogens (tertiary/aromatic N) is 1. The smallest absolute Gasteiger partial charge is 0.234 e. The van der Waals surface area contributed by atoms with Gasteiger partial charge in [-0.15, -0.1) is 0 Å². The number of ether oxygens (including phenoxy) is 1. The van der Waals surface area contributed by atoms with Gasteiger partial charge in [0, 0.05) is 25.7 Å². The molecule has 0 aromatic rings. The minimum Gasteiger partial charge on any atom is -0.383 e. The molecule has 17 heavy (non-hydrogen) atoms. The fraction of sp³-hybridized carbons (Fsp3) is 0.917. The van der Waals surface area contributed by atoms with E-state index in [0.29, 0.717) is 19.2 Å². The number of likely N-dealkylation sites (N-methyl/N-ethyl adjacent to an activating group) is 1. The summed E-state index contributed by atoms with van der Waals surface area (Å²) >= 11 is 0. The molecule has 0 aliphatic carbocycles. The van der Waals surface area contributed by atoms with Crippen molar-refractivity contribution in [3.63, 3.8) is 0 Å². The molecule has 1 amide bonds. The van der Waals surface area contributed by atoms with Crippen LogP contribution in [0.1, 0.15) is 20.3 Å². The van der Waals surface area contributed by atoms with Crippen molar-refractivity contribution in [2.45, 2.75) is 32.4 Å². The summed E-state index contributed by atoms with van der Waals surface area (Å²) < 4.78 is 5.00. The van der Waals surface area contributed by atoms with Crippen LogP contribution in [-0.4, -0.2) is 62.8 Å². The largest absolute Gasteiger partial charge is 0.383 e. The summed E-state index contributed by atoms with van der Waals surface area (Å²) in [5, 5.41) is 6.27. The third-order valence-electron chi connectivity index (χ3n) is 3.13. The van der Waals surface area contributed by atoms with Gasteiger partial charge in [0.05, 0.1) is 13.2 Å². The first-order valence-corrected chi connectivity index (χ1v) is 6.40. The van der Waals surface area contributed by atoms with Gasteiger partial charge in [-0.2, -0.15) is 0 Å². The van der Waals surface area contributed by atoms with Crippen molar-refractivity contribution < 1.29 is 9.53 Å². The molecule has 1 rings (SSSR count). The molecular weight excluding hydrogens is 218 g/mol. The first-order valence-electron chi connectivity index (χ1n) is 6.40. The van der Waals surface area contributed by atoms with Crippen LogP contribution in [-0.2, 0) is 9.53 Å². The van der Waals surface area contributed by atoms with Crippen molar-refractivity contribution in [1.82, 2.24) is 15.5 Å². The van der Waals surface area contributed by atoms with Crippen LogP contribution in [0.2, 0.25) is 0 Å². The molecule has 1 aliphatic rings. The third-order valence-corrected chi connectivity index (χ3v) is 3.13. The van der Waals surface area contributed by atoms with Gasteiger partial charge < -0.3 is 15.4 Å². The van der Waals surface area contributed by atoms with E-state index in [1.807, 2.05) is 6.92 Å². The molecule has 0 saturated carbocycles. The molecule has 2 unspecified atom stereocenters. The summed E-state index contributed by atoms with van der Waals surface area (Å²) in [5.74, 6) is 0.0864. The van der Waals surface area contributed by atoms with E-state index >= 15 is 0 Å². The van der Waals surface area contributed by atoms with E-state index in [2.05, 4.69) is 22.5 Å². The van der Waals surface area contributed by atoms with Crippen LogP contribution in [0.4, 0.5) is 0 Å². The topological polar surface area (TPSA) is 53.6 Å². The van der Waals surface area contributed by atoms with Gasteiger partial charge in [0.1, 0.15) is 0 Å². The predicted molar refractivity (Wildman–Crippen MR) is 68.0 cm³/mol. The molecule has 2 N–H and O–H groups in total. The quantitative estimate of drug-likeness (QED) is 0.651. The Morgan fingerprint density at radius 1 is 1.65 bits per heavy atom. The van der Waals surface area contributed by atoms with Crippen molar-refractivity contribution in [1.29, 1.82) is 0 Å². The van der Waals surface area contributed by atoms with E-state index in [4.69, 9.17) is 4.74 Å². The van der Waals surface area contributed by atoms with Crippen molar-refractivity contribution in [3.8, 4) is 0 Å². The lowest BCUT2D eigenvalue weighted by atomic mass is 10.2. The highest BCUT2D eigenvalue weighted by molar-refractivity contribution is 5.78. The Hall–Kier alpha value is -0.650. The van der Waals surface area contributed by atoms with Gasteiger partial charge in [-0.25, -0.2) is 0 Å². The van der Waals surface area contributed by atoms with Crippen molar-refractivity contribution >= 4 is 5.91 Å². The summed E-state index contributed by atoms with van der Waals surface area (Å²) in [7, 11) is 1.64. The highest BCUT2D eigenvalue weighted by Gasteiger charge is 2.23. The van der Waals surface area contributed by atoms with Crippen molar-refractivity contribution in [2.75, 3.05) is 39.9 Å². The van der Waals surface area contributed by atoms with Crippen LogP contribution in [0, 0.1) is 0 Å². The van der Waals surface area contributed by atoms with E-state index in [1.165, 1.54) is 0 Å². The van der Waals surface area contributed by atoms with Crippen LogP contribution in [0.3, 0.4) is 0 Å². The maximum Gasteiger partial charge on any atom is 0.234 e. The van der Waals surface area contributed by atoms with E-state index in [1.54, 1.807) is 7.11 Å². The monoisotopic (exact) mass is 243 g/mol. The molecule has 1 aliphatic heterocycles. The summed E-state index contributed by atoms with van der Waals surface area (Å²) in [5.41, 5.74) is 0. The highest BCUT2D eigenvalue weighted by Crippen LogP contribution is 2.07. The summed E-state index contributed by atoms with van der Waals surface area (Å²) in [6.07, 6.45) is 1.13. The molecule has 0 radical (unpaired) electrons. The van der Waals surface area contributed by atoms with Gasteiger partial charge >= 0.3 is 0 Å². The Morgan fingerprint density at radius 3 is 2.94 bits per heavy atom. The van der Waals surface area contributed by atoms with Crippen LogP contribution in [0.25, 0.3) is 0 Å². The highest BCUT2D eigenvalue weighted by atomic mass is 16.5. The normalized spacial score (nSPS) is 21.8. The number of amides is 1. The molecule has 0 aromatic carbocycles. The van der Waals surface area contributed by atoms with Gasteiger partial charge in [0.25, 0.3) is 0 Å². The molecule has 1 heterocycles. The zero-order valence-electron chi connectivity index (χ0n) is 11.2. The van der Waals surface area contributed by atoms with Crippen molar-refractivity contribution in [2.24, 2.45) is 0 Å². The number of methoxy groups -OCH3 is 1. The zero-order chi connectivity index (χ0) is 12.7. The molecule has 0 aromatic heterocycles. The predicted octanol–water partition coefficient (Wildman–Crippen LogP) is -0.179. The number of carbonyl (C=O) groups is 1. The fourth-order valence-electron chi connectivity index (χ4n) is 2.25. The van der Waals surface area contributed by atoms with E-state index < -0.39 is 0 Å². The lowest BCUT2D eigenvalue weighted by molar-refractivity contribution is -0.123. The number of nitrogens with one attached hydrogen (secondary N) is 2. The molecule has 5 heteroatoms. The molecule has 2 atom stereocenters. The van der Waals surface area contributed by atoms with Crippen LogP contribution in [0.15, 0.2) is 0 Å². The molecule has 5 nitrogen and oxygen atoms in total. The Kier molecular flexibility index (Phi) is 6.47. The van der Waals surface area contributed by atoms with E-state index in [0.717, 1.165) is 26.1 Å². The first-order chi connectivity index (χ1) is 8.17. The minimum atomic E-state index is 0.0768. The third kappa shape index (κ3) is 5.02. The van der Waals surface area contributed by atoms with Gasteiger partial charge in [-0.1, -0.05) is 6.92 Å². The Balaban J connectivity index is 2.31. The second-order valence-electron chi connectivity index (χ2n) is 4.63. The van der Waals surface area contributed by atoms with Crippen LogP contribution >= 0.6 is 0 Å². The van der Waals surface area contributed by atoms with Crippen molar-refractivity contribution in [3.05, 3.63) is 0 Å². The molecular formula is C12H25N3O2. The molecule has 1 saturated heterocycles. The number of rotatable bonds is 7. The van der Waals surface area contributed by atoms with Crippen LogP contribution in [0.5, 0.6) is 0 Å². The lowest BCUT2D eigenvalue weighted by Gasteiger charge is -2.26. The average Bonchev–Trinajstić information content (AvgIpc) is 2.79. The number of carbonyl (C=O) groups excluding carboxylic acids is 1. The number of hydrogen-bond acceptors (Lipinski definition) is 4. The summed E-state index contributed by atoms with van der Waals surface area (Å²) in [6, 6.07) is 0.580. The zero-order valence-corrected chi connectivity index (χ0v) is 11.2. The molecule has 0 spiro atoms. The summed E-state index contributed by atoms with van der Waals surface area (Å²) in [6.45, 7) is 8.06. The second kappa shape index (κ2) is 7.63. The molecule has 1 fully saturated rings. The lowest BCUT2D eigenvalue weighted by Crippen LogP contribution is -2.46. The van der Waals surface area contributed by atoms with Gasteiger partial charge in [0.15, 0.2) is 0 Å². The minimum absolute atomic E-state index is 0.0768. The Morgan fingerprint density at radius 2 is 2.41 bits per heavy atom. The Labute approximate surface area is 104 Å². The van der Waals surface area contributed by atoms with Gasteiger partial charge in [-0.05, 0) is 26.4 Å². The Bertz CT molecular complexity index is 230. The standard InChI is InChI=1S/C12H25N3O2/c1-4-15(11-5-6-13-7-11)8-12(16)14-10(2)9-17-3/h10-11,13H,4-9H2,1-3H3,(H,14,16). The molecule has 0 bridgehead atoms. The van der Waals surface area contributed by atoms with Gasteiger partial charge in [0.2, 0.25) is 5.91 Å².